The van der Waals surface area contributed by atoms with Crippen LogP contribution in [0.2, 0.25) is 0 Å². The molecule has 6 nitrogen and oxygen atoms in total. The van der Waals surface area contributed by atoms with Crippen LogP contribution in [0.4, 0.5) is 5.69 Å². The third-order valence-electron chi connectivity index (χ3n) is 2.35. The average Bonchev–Trinajstić information content (AvgIpc) is 2.62. The summed E-state index contributed by atoms with van der Waals surface area (Å²) in [5.41, 5.74) is 0.596. The predicted molar refractivity (Wildman–Crippen MR) is 50.1 cm³/mol. The molecule has 2 rings (SSSR count). The van der Waals surface area contributed by atoms with Gasteiger partial charge < -0.3 is 10.0 Å². The minimum atomic E-state index is -0.937. The van der Waals surface area contributed by atoms with E-state index >= 15 is 0 Å². The molecule has 6 heteroatoms. The number of nitrogens with zero attached hydrogens (tertiary/aromatic N) is 3. The molecule has 0 aromatic carbocycles. The first kappa shape index (κ1) is 9.57. The van der Waals surface area contributed by atoms with Gasteiger partial charge >= 0.3 is 5.97 Å². The van der Waals surface area contributed by atoms with E-state index in [0.717, 1.165) is 0 Å². The van der Waals surface area contributed by atoms with E-state index in [1.165, 1.54) is 17.3 Å². The molecule has 0 aliphatic carbocycles. The zero-order valence-corrected chi connectivity index (χ0v) is 7.83. The summed E-state index contributed by atoms with van der Waals surface area (Å²) in [4.78, 5) is 23.6. The van der Waals surface area contributed by atoms with Crippen LogP contribution in [0.5, 0.6) is 0 Å². The molecule has 78 valence electrons. The lowest BCUT2D eigenvalue weighted by molar-refractivity contribution is -0.141. The van der Waals surface area contributed by atoms with Gasteiger partial charge in [-0.1, -0.05) is 0 Å². The molecule has 2 heterocycles. The third-order valence-corrected chi connectivity index (χ3v) is 2.35. The van der Waals surface area contributed by atoms with Gasteiger partial charge in [-0.2, -0.15) is 10.2 Å². The highest BCUT2D eigenvalue weighted by Crippen LogP contribution is 2.23. The van der Waals surface area contributed by atoms with E-state index in [1.54, 1.807) is 6.07 Å². The summed E-state index contributed by atoms with van der Waals surface area (Å²) < 4.78 is 0. The van der Waals surface area contributed by atoms with Crippen LogP contribution in [-0.2, 0) is 9.59 Å². The van der Waals surface area contributed by atoms with E-state index in [0.29, 0.717) is 5.69 Å². The standard InChI is InChI=1S/C9H9N3O3/c13-8-3-6(9(14)15)5-12(8)7-1-2-10-11-4-7/h1-2,4,6H,3,5H2,(H,14,15). The highest BCUT2D eigenvalue weighted by molar-refractivity contribution is 5.98. The molecule has 1 fully saturated rings. The summed E-state index contributed by atoms with van der Waals surface area (Å²) in [7, 11) is 0. The number of aromatic nitrogens is 2. The maximum absolute atomic E-state index is 11.5. The summed E-state index contributed by atoms with van der Waals surface area (Å²) in [6.45, 7) is 0.208. The fraction of sp³-hybridized carbons (Fsp3) is 0.333. The second kappa shape index (κ2) is 3.64. The molecule has 1 aromatic heterocycles. The van der Waals surface area contributed by atoms with E-state index in [9.17, 15) is 9.59 Å². The number of hydrogen-bond acceptors (Lipinski definition) is 4. The molecule has 1 aliphatic rings. The molecule has 0 saturated carbocycles. The largest absolute Gasteiger partial charge is 0.481 e. The van der Waals surface area contributed by atoms with Crippen molar-refractivity contribution < 1.29 is 14.7 Å². The molecule has 1 atom stereocenters. The van der Waals surface area contributed by atoms with Gasteiger partial charge in [0.2, 0.25) is 5.91 Å². The van der Waals surface area contributed by atoms with Crippen molar-refractivity contribution >= 4 is 17.6 Å². The monoisotopic (exact) mass is 207 g/mol. The first-order valence-electron chi connectivity index (χ1n) is 4.48. The smallest absolute Gasteiger partial charge is 0.308 e. The van der Waals surface area contributed by atoms with Crippen LogP contribution in [0.15, 0.2) is 18.5 Å². The van der Waals surface area contributed by atoms with Crippen LogP contribution in [0.1, 0.15) is 6.42 Å². The number of aliphatic carboxylic acids is 1. The molecule has 1 aromatic rings. The van der Waals surface area contributed by atoms with Crippen molar-refractivity contribution in [2.45, 2.75) is 6.42 Å². The zero-order chi connectivity index (χ0) is 10.8. The molecular formula is C9H9N3O3. The fourth-order valence-electron chi connectivity index (χ4n) is 1.57. The number of carboxylic acid groups (broad SMARTS) is 1. The second-order valence-electron chi connectivity index (χ2n) is 3.34. The second-order valence-corrected chi connectivity index (χ2v) is 3.34. The van der Waals surface area contributed by atoms with Gasteiger partial charge in [0.1, 0.15) is 0 Å². The Morgan fingerprint density at radius 1 is 1.53 bits per heavy atom. The summed E-state index contributed by atoms with van der Waals surface area (Å²) in [5.74, 6) is -1.74. The Labute approximate surface area is 85.5 Å². The van der Waals surface area contributed by atoms with Gasteiger partial charge in [0.15, 0.2) is 0 Å². The zero-order valence-electron chi connectivity index (χ0n) is 7.83. The van der Waals surface area contributed by atoms with Gasteiger partial charge in [-0.05, 0) is 6.07 Å². The Bertz CT molecular complexity index is 393. The average molecular weight is 207 g/mol. The first-order chi connectivity index (χ1) is 7.18. The Kier molecular flexibility index (Phi) is 2.32. The lowest BCUT2D eigenvalue weighted by atomic mass is 10.1. The van der Waals surface area contributed by atoms with Crippen molar-refractivity contribution in [2.24, 2.45) is 5.92 Å². The SMILES string of the molecule is O=C(O)C1CC(=O)N(c2ccnnc2)C1. The van der Waals surface area contributed by atoms with E-state index in [1.807, 2.05) is 0 Å². The Morgan fingerprint density at radius 3 is 2.87 bits per heavy atom. The minimum Gasteiger partial charge on any atom is -0.481 e. The molecule has 0 spiro atoms. The van der Waals surface area contributed by atoms with E-state index in [2.05, 4.69) is 10.2 Å². The van der Waals surface area contributed by atoms with Gasteiger partial charge in [-0.15, -0.1) is 0 Å². The van der Waals surface area contributed by atoms with Crippen LogP contribution in [0.3, 0.4) is 0 Å². The third kappa shape index (κ3) is 1.78. The fourth-order valence-corrected chi connectivity index (χ4v) is 1.57. The van der Waals surface area contributed by atoms with Crippen molar-refractivity contribution in [3.8, 4) is 0 Å². The number of carbonyl (C=O) groups is 2. The maximum atomic E-state index is 11.5. The van der Waals surface area contributed by atoms with Crippen LogP contribution in [0, 0.1) is 5.92 Å². The van der Waals surface area contributed by atoms with Crippen LogP contribution >= 0.6 is 0 Å². The lowest BCUT2D eigenvalue weighted by Gasteiger charge is -2.14. The molecule has 1 N–H and O–H groups in total. The van der Waals surface area contributed by atoms with Crippen LogP contribution in [0.25, 0.3) is 0 Å². The highest BCUT2D eigenvalue weighted by atomic mass is 16.4. The lowest BCUT2D eigenvalue weighted by Crippen LogP contribution is -2.25. The van der Waals surface area contributed by atoms with Gasteiger partial charge in [0, 0.05) is 13.0 Å². The van der Waals surface area contributed by atoms with Gasteiger partial charge in [-0.3, -0.25) is 9.59 Å². The first-order valence-corrected chi connectivity index (χ1v) is 4.48. The molecule has 0 radical (unpaired) electrons. The number of amides is 1. The molecule has 15 heavy (non-hydrogen) atoms. The van der Waals surface area contributed by atoms with Crippen molar-refractivity contribution in [2.75, 3.05) is 11.4 Å². The van der Waals surface area contributed by atoms with Crippen molar-refractivity contribution in [3.63, 3.8) is 0 Å². The molecule has 1 unspecified atom stereocenters. The van der Waals surface area contributed by atoms with E-state index in [-0.39, 0.29) is 18.9 Å². The van der Waals surface area contributed by atoms with E-state index in [4.69, 9.17) is 5.11 Å². The maximum Gasteiger partial charge on any atom is 0.308 e. The topological polar surface area (TPSA) is 83.4 Å². The number of hydrogen-bond donors (Lipinski definition) is 1. The molecular weight excluding hydrogens is 198 g/mol. The predicted octanol–water partition coefficient (Wildman–Crippen LogP) is -0.0859. The van der Waals surface area contributed by atoms with Gasteiger partial charge in [0.05, 0.1) is 24.0 Å². The number of carbonyl (C=O) groups excluding carboxylic acids is 1. The molecule has 1 amide bonds. The number of rotatable bonds is 2. The number of anilines is 1. The van der Waals surface area contributed by atoms with Crippen LogP contribution in [-0.4, -0.2) is 33.7 Å². The molecule has 1 aliphatic heterocycles. The molecule has 1 saturated heterocycles. The van der Waals surface area contributed by atoms with E-state index < -0.39 is 11.9 Å². The Hall–Kier alpha value is -1.98. The normalized spacial score (nSPS) is 20.7. The quantitative estimate of drug-likeness (QED) is 0.732. The van der Waals surface area contributed by atoms with Gasteiger partial charge in [-0.25, -0.2) is 0 Å². The number of carboxylic acids is 1. The highest BCUT2D eigenvalue weighted by Gasteiger charge is 2.35. The Morgan fingerprint density at radius 2 is 2.33 bits per heavy atom. The summed E-state index contributed by atoms with van der Waals surface area (Å²) in [5, 5.41) is 16.0. The van der Waals surface area contributed by atoms with Crippen molar-refractivity contribution in [1.82, 2.24) is 10.2 Å². The minimum absolute atomic E-state index is 0.0532. The summed E-state index contributed by atoms with van der Waals surface area (Å²) >= 11 is 0. The van der Waals surface area contributed by atoms with Crippen LogP contribution < -0.4 is 4.90 Å². The van der Waals surface area contributed by atoms with Gasteiger partial charge in [0.25, 0.3) is 0 Å². The Balaban J connectivity index is 2.19. The summed E-state index contributed by atoms with van der Waals surface area (Å²) in [6, 6.07) is 1.63. The summed E-state index contributed by atoms with van der Waals surface area (Å²) in [6.07, 6.45) is 2.97. The van der Waals surface area contributed by atoms with Crippen molar-refractivity contribution in [3.05, 3.63) is 18.5 Å². The van der Waals surface area contributed by atoms with Crippen molar-refractivity contribution in [1.29, 1.82) is 0 Å². The molecule has 0 bridgehead atoms.